The molecule has 0 radical (unpaired) electrons. The maximum absolute atomic E-state index is 4.83. The van der Waals surface area contributed by atoms with E-state index >= 15 is 0 Å². The summed E-state index contributed by atoms with van der Waals surface area (Å²) in [4.78, 5) is 11.2. The van der Waals surface area contributed by atoms with Gasteiger partial charge in [-0.05, 0) is 47.0 Å². The minimum Gasteiger partial charge on any atom is -0.356 e. The summed E-state index contributed by atoms with van der Waals surface area (Å²) in [6.45, 7) is 1.99. The first-order valence-electron chi connectivity index (χ1n) is 7.45. The Morgan fingerprint density at radius 3 is 2.73 bits per heavy atom. The number of hydrogen-bond acceptors (Lipinski definition) is 4. The van der Waals surface area contributed by atoms with E-state index in [9.17, 15) is 0 Å². The molecular formula is C16H16BrN5. The Balaban J connectivity index is 1.55. The van der Waals surface area contributed by atoms with Crippen LogP contribution in [-0.4, -0.2) is 32.8 Å². The van der Waals surface area contributed by atoms with Gasteiger partial charge in [-0.3, -0.25) is 0 Å². The summed E-state index contributed by atoms with van der Waals surface area (Å²) in [6.07, 6.45) is 5.55. The second kappa shape index (κ2) is 5.68. The molecule has 1 aliphatic rings. The number of hydrogen-bond donors (Lipinski definition) is 0. The molecule has 0 N–H and O–H groups in total. The number of nitrogens with zero attached hydrogens (tertiary/aromatic N) is 5. The van der Waals surface area contributed by atoms with E-state index in [1.807, 2.05) is 23.1 Å². The number of fused-ring (bicyclic) bond motifs is 1. The van der Waals surface area contributed by atoms with E-state index in [1.165, 1.54) is 0 Å². The van der Waals surface area contributed by atoms with Crippen LogP contribution >= 0.6 is 15.9 Å². The molecule has 3 heterocycles. The summed E-state index contributed by atoms with van der Waals surface area (Å²) in [5.74, 6) is 1.05. The number of aromatic nitrogens is 4. The summed E-state index contributed by atoms with van der Waals surface area (Å²) in [6, 6.07) is 10.9. The van der Waals surface area contributed by atoms with Crippen LogP contribution in [0.15, 0.2) is 47.5 Å². The molecular weight excluding hydrogens is 342 g/mol. The quantitative estimate of drug-likeness (QED) is 0.704. The molecule has 3 aromatic rings. The molecule has 6 heteroatoms. The summed E-state index contributed by atoms with van der Waals surface area (Å²) >= 11 is 3.59. The van der Waals surface area contributed by atoms with Gasteiger partial charge in [0.15, 0.2) is 0 Å². The van der Waals surface area contributed by atoms with Crippen LogP contribution in [0.25, 0.3) is 10.9 Å². The first-order chi connectivity index (χ1) is 10.8. The summed E-state index contributed by atoms with van der Waals surface area (Å²) < 4.78 is 3.02. The maximum atomic E-state index is 4.83. The number of pyridine rings is 1. The fourth-order valence-electron chi connectivity index (χ4n) is 3.04. The molecule has 0 spiro atoms. The van der Waals surface area contributed by atoms with Crippen LogP contribution in [0.4, 0.5) is 5.82 Å². The van der Waals surface area contributed by atoms with Gasteiger partial charge >= 0.3 is 0 Å². The van der Waals surface area contributed by atoms with Crippen molar-refractivity contribution in [2.75, 3.05) is 18.0 Å². The van der Waals surface area contributed by atoms with Gasteiger partial charge in [0.05, 0.1) is 11.6 Å². The molecule has 0 atom stereocenters. The lowest BCUT2D eigenvalue weighted by molar-refractivity contribution is 0.365. The topological polar surface area (TPSA) is 46.8 Å². The van der Waals surface area contributed by atoms with E-state index in [4.69, 9.17) is 4.98 Å². The van der Waals surface area contributed by atoms with Crippen LogP contribution in [0.5, 0.6) is 0 Å². The molecule has 1 saturated heterocycles. The lowest BCUT2D eigenvalue weighted by Gasteiger charge is -2.32. The highest BCUT2D eigenvalue weighted by Crippen LogP contribution is 2.28. The fourth-order valence-corrected chi connectivity index (χ4v) is 3.51. The van der Waals surface area contributed by atoms with E-state index in [2.05, 4.69) is 49.1 Å². The average Bonchev–Trinajstić information content (AvgIpc) is 3.10. The average molecular weight is 358 g/mol. The molecule has 0 unspecified atom stereocenters. The zero-order valence-corrected chi connectivity index (χ0v) is 13.6. The zero-order valence-electron chi connectivity index (χ0n) is 12.1. The van der Waals surface area contributed by atoms with Crippen LogP contribution < -0.4 is 4.90 Å². The minimum atomic E-state index is 0.450. The SMILES string of the molecule is Brc1cccc2ccc(N3CCC(n4cncn4)CC3)nc12. The lowest BCUT2D eigenvalue weighted by atomic mass is 10.1. The number of halogens is 1. The predicted octanol–water partition coefficient (Wildman–Crippen LogP) is 3.43. The molecule has 0 bridgehead atoms. The van der Waals surface area contributed by atoms with Gasteiger partial charge in [-0.2, -0.15) is 5.10 Å². The summed E-state index contributed by atoms with van der Waals surface area (Å²) in [7, 11) is 0. The Morgan fingerprint density at radius 1 is 1.09 bits per heavy atom. The Kier molecular flexibility index (Phi) is 3.54. The van der Waals surface area contributed by atoms with Gasteiger partial charge < -0.3 is 4.90 Å². The molecule has 5 nitrogen and oxygen atoms in total. The predicted molar refractivity (Wildman–Crippen MR) is 89.9 cm³/mol. The number of piperidine rings is 1. The van der Waals surface area contributed by atoms with Gasteiger partial charge in [0.25, 0.3) is 0 Å². The second-order valence-electron chi connectivity index (χ2n) is 5.57. The normalized spacial score (nSPS) is 16.3. The van der Waals surface area contributed by atoms with Gasteiger partial charge in [0, 0.05) is 22.9 Å². The van der Waals surface area contributed by atoms with Crippen molar-refractivity contribution in [3.8, 4) is 0 Å². The smallest absolute Gasteiger partial charge is 0.137 e. The van der Waals surface area contributed by atoms with E-state index < -0.39 is 0 Å². The molecule has 2 aromatic heterocycles. The summed E-state index contributed by atoms with van der Waals surface area (Å²) in [5.41, 5.74) is 1.03. The molecule has 112 valence electrons. The largest absolute Gasteiger partial charge is 0.356 e. The van der Waals surface area contributed by atoms with Crippen LogP contribution in [0, 0.1) is 0 Å². The monoisotopic (exact) mass is 357 g/mol. The molecule has 1 fully saturated rings. The van der Waals surface area contributed by atoms with Gasteiger partial charge in [-0.25, -0.2) is 14.6 Å². The Morgan fingerprint density at radius 2 is 1.95 bits per heavy atom. The second-order valence-corrected chi connectivity index (χ2v) is 6.43. The van der Waals surface area contributed by atoms with Crippen LogP contribution in [0.1, 0.15) is 18.9 Å². The van der Waals surface area contributed by atoms with Crippen molar-refractivity contribution in [2.24, 2.45) is 0 Å². The molecule has 0 amide bonds. The van der Waals surface area contributed by atoms with E-state index in [0.717, 1.165) is 47.1 Å². The third-order valence-corrected chi connectivity index (χ3v) is 4.90. The van der Waals surface area contributed by atoms with Crippen molar-refractivity contribution in [2.45, 2.75) is 18.9 Å². The van der Waals surface area contributed by atoms with Crippen molar-refractivity contribution in [1.29, 1.82) is 0 Å². The molecule has 22 heavy (non-hydrogen) atoms. The van der Waals surface area contributed by atoms with Gasteiger partial charge in [-0.1, -0.05) is 12.1 Å². The van der Waals surface area contributed by atoms with Crippen molar-refractivity contribution in [1.82, 2.24) is 19.7 Å². The van der Waals surface area contributed by atoms with E-state index in [0.29, 0.717) is 6.04 Å². The van der Waals surface area contributed by atoms with Crippen LogP contribution in [0.2, 0.25) is 0 Å². The Bertz CT molecular complexity index is 778. The Labute approximate surface area is 137 Å². The number of para-hydroxylation sites is 1. The van der Waals surface area contributed by atoms with Gasteiger partial charge in [0.1, 0.15) is 18.5 Å². The molecule has 1 aliphatic heterocycles. The third-order valence-electron chi connectivity index (χ3n) is 4.26. The summed E-state index contributed by atoms with van der Waals surface area (Å²) in [5, 5.41) is 5.42. The number of anilines is 1. The van der Waals surface area contributed by atoms with Crippen molar-refractivity contribution >= 4 is 32.7 Å². The van der Waals surface area contributed by atoms with Crippen LogP contribution in [-0.2, 0) is 0 Å². The standard InChI is InChI=1S/C16H16BrN5/c17-14-3-1-2-12-4-5-15(20-16(12)14)21-8-6-13(7-9-21)22-11-18-10-19-22/h1-5,10-11,13H,6-9H2. The zero-order chi connectivity index (χ0) is 14.9. The molecule has 0 saturated carbocycles. The number of benzene rings is 1. The van der Waals surface area contributed by atoms with Crippen LogP contribution in [0.3, 0.4) is 0 Å². The molecule has 0 aliphatic carbocycles. The highest BCUT2D eigenvalue weighted by Gasteiger charge is 2.22. The van der Waals surface area contributed by atoms with E-state index in [1.54, 1.807) is 6.33 Å². The minimum absolute atomic E-state index is 0.450. The van der Waals surface area contributed by atoms with Gasteiger partial charge in [0.2, 0.25) is 0 Å². The van der Waals surface area contributed by atoms with Crippen molar-refractivity contribution < 1.29 is 0 Å². The molecule has 1 aromatic carbocycles. The van der Waals surface area contributed by atoms with E-state index in [-0.39, 0.29) is 0 Å². The van der Waals surface area contributed by atoms with Crippen molar-refractivity contribution in [3.63, 3.8) is 0 Å². The Hall–Kier alpha value is -1.95. The maximum Gasteiger partial charge on any atom is 0.137 e. The first-order valence-corrected chi connectivity index (χ1v) is 8.25. The lowest BCUT2D eigenvalue weighted by Crippen LogP contribution is -2.35. The fraction of sp³-hybridized carbons (Fsp3) is 0.312. The first kappa shape index (κ1) is 13.7. The highest BCUT2D eigenvalue weighted by molar-refractivity contribution is 9.10. The number of rotatable bonds is 2. The molecule has 4 rings (SSSR count). The highest BCUT2D eigenvalue weighted by atomic mass is 79.9. The van der Waals surface area contributed by atoms with Crippen molar-refractivity contribution in [3.05, 3.63) is 47.5 Å². The third kappa shape index (κ3) is 2.47. The van der Waals surface area contributed by atoms with Gasteiger partial charge in [-0.15, -0.1) is 0 Å².